The fraction of sp³-hybridized carbons (Fsp3) is 0.125. The molecule has 0 nitrogen and oxygen atoms in total. The maximum absolute atomic E-state index is 2.08. The quantitative estimate of drug-likeness (QED) is 0.621. The normalized spacial score (nSPS) is 8.81. The summed E-state index contributed by atoms with van der Waals surface area (Å²) >= 11 is 0. The van der Waals surface area contributed by atoms with E-state index < -0.39 is 0 Å². The largest absolute Gasteiger partial charge is 0.0871 e. The van der Waals surface area contributed by atoms with Crippen molar-refractivity contribution >= 4 is 6.08 Å². The Bertz CT molecular complexity index is 333. The van der Waals surface area contributed by atoms with Crippen LogP contribution in [0.5, 0.6) is 0 Å². The molecular weight excluding hydrogens is 192 g/mol. The van der Waals surface area contributed by atoms with Crippen molar-refractivity contribution in [3.63, 3.8) is 0 Å². The highest BCUT2D eigenvalue weighted by atomic mass is 13.8. The van der Waals surface area contributed by atoms with Crippen molar-refractivity contribution in [3.8, 4) is 0 Å². The predicted octanol–water partition coefficient (Wildman–Crippen LogP) is 5.04. The van der Waals surface area contributed by atoms with Crippen LogP contribution in [0.3, 0.4) is 0 Å². The van der Waals surface area contributed by atoms with Crippen LogP contribution in [0.1, 0.15) is 19.9 Å². The van der Waals surface area contributed by atoms with E-state index in [-0.39, 0.29) is 7.43 Å². The molecular formula is C16H20. The molecule has 0 bridgehead atoms. The van der Waals surface area contributed by atoms with Gasteiger partial charge in [0.1, 0.15) is 0 Å². The zero-order valence-corrected chi connectivity index (χ0v) is 9.01. The molecule has 0 saturated carbocycles. The van der Waals surface area contributed by atoms with Crippen LogP contribution in [-0.2, 0) is 0 Å². The average Bonchev–Trinajstić information content (AvgIpc) is 2.34. The molecule has 0 aliphatic rings. The van der Waals surface area contributed by atoms with Gasteiger partial charge >= 0.3 is 0 Å². The van der Waals surface area contributed by atoms with Gasteiger partial charge in [0.2, 0.25) is 0 Å². The summed E-state index contributed by atoms with van der Waals surface area (Å²) in [6.07, 6.45) is 4.12. The molecule has 0 N–H and O–H groups in total. The maximum Gasteiger partial charge on any atom is -0.0260 e. The minimum atomic E-state index is 0. The van der Waals surface area contributed by atoms with Crippen LogP contribution in [-0.4, -0.2) is 0 Å². The second-order valence-electron chi connectivity index (χ2n) is 3.07. The van der Waals surface area contributed by atoms with E-state index in [1.54, 1.807) is 0 Å². The summed E-state index contributed by atoms with van der Waals surface area (Å²) < 4.78 is 0. The topological polar surface area (TPSA) is 0 Å². The van der Waals surface area contributed by atoms with E-state index >= 15 is 0 Å². The van der Waals surface area contributed by atoms with E-state index in [2.05, 4.69) is 18.2 Å². The van der Waals surface area contributed by atoms with Gasteiger partial charge in [0, 0.05) is 0 Å². The lowest BCUT2D eigenvalue weighted by Crippen LogP contribution is -1.65. The van der Waals surface area contributed by atoms with Crippen molar-refractivity contribution in [3.05, 3.63) is 78.4 Å². The molecule has 84 valence electrons. The third kappa shape index (κ3) is 6.61. The van der Waals surface area contributed by atoms with Gasteiger partial charge in [-0.25, -0.2) is 0 Å². The van der Waals surface area contributed by atoms with Crippen LogP contribution in [0.2, 0.25) is 0 Å². The molecule has 2 aromatic rings. The molecule has 0 aliphatic heterocycles. The fourth-order valence-electron chi connectivity index (χ4n) is 1.14. The van der Waals surface area contributed by atoms with Crippen molar-refractivity contribution < 1.29 is 0 Å². The van der Waals surface area contributed by atoms with Crippen LogP contribution in [0, 0.1) is 0 Å². The zero-order chi connectivity index (χ0) is 10.8. The van der Waals surface area contributed by atoms with Crippen molar-refractivity contribution in [1.82, 2.24) is 0 Å². The molecule has 16 heavy (non-hydrogen) atoms. The van der Waals surface area contributed by atoms with Gasteiger partial charge in [-0.05, 0) is 12.5 Å². The molecule has 0 heterocycles. The van der Waals surface area contributed by atoms with Crippen molar-refractivity contribution in [2.24, 2.45) is 0 Å². The highest BCUT2D eigenvalue weighted by Crippen LogP contribution is 1.99. The Labute approximate surface area is 99.3 Å². The molecule has 2 rings (SSSR count). The number of hydrogen-bond donors (Lipinski definition) is 0. The SMILES string of the molecule is C.C/C=C/c1ccccc1.c1ccccc1. The second kappa shape index (κ2) is 9.72. The molecule has 0 spiro atoms. The Morgan fingerprint density at radius 3 is 1.44 bits per heavy atom. The number of hydrogen-bond acceptors (Lipinski definition) is 0. The van der Waals surface area contributed by atoms with Gasteiger partial charge < -0.3 is 0 Å². The third-order valence-corrected chi connectivity index (χ3v) is 1.83. The predicted molar refractivity (Wildman–Crippen MR) is 74.3 cm³/mol. The Morgan fingerprint density at radius 1 is 0.688 bits per heavy atom. The number of rotatable bonds is 1. The Hall–Kier alpha value is -1.82. The van der Waals surface area contributed by atoms with Gasteiger partial charge in [-0.2, -0.15) is 0 Å². The van der Waals surface area contributed by atoms with E-state index in [4.69, 9.17) is 0 Å². The molecule has 0 atom stereocenters. The van der Waals surface area contributed by atoms with Gasteiger partial charge in [-0.3, -0.25) is 0 Å². The summed E-state index contributed by atoms with van der Waals surface area (Å²) in [5, 5.41) is 0. The van der Waals surface area contributed by atoms with Crippen molar-refractivity contribution in [2.75, 3.05) is 0 Å². The Morgan fingerprint density at radius 2 is 1.06 bits per heavy atom. The first-order chi connectivity index (χ1) is 7.43. The standard InChI is InChI=1S/C9H10.C6H6.CH4/c1-2-6-9-7-4-3-5-8-9;1-2-4-6-5-3-1;/h2-8H,1H3;1-6H;1H4/b6-2+;;. The van der Waals surface area contributed by atoms with E-state index in [0.717, 1.165) is 0 Å². The third-order valence-electron chi connectivity index (χ3n) is 1.83. The molecule has 0 aliphatic carbocycles. The van der Waals surface area contributed by atoms with Crippen LogP contribution in [0.15, 0.2) is 72.8 Å². The number of benzene rings is 2. The summed E-state index contributed by atoms with van der Waals surface area (Å²) in [5.74, 6) is 0. The lowest BCUT2D eigenvalue weighted by atomic mass is 10.2. The molecule has 0 aromatic heterocycles. The van der Waals surface area contributed by atoms with Crippen LogP contribution >= 0.6 is 0 Å². The summed E-state index contributed by atoms with van der Waals surface area (Å²) in [6.45, 7) is 2.02. The molecule has 2 aromatic carbocycles. The molecule has 0 heteroatoms. The molecule has 0 fully saturated rings. The van der Waals surface area contributed by atoms with Gasteiger partial charge in [-0.15, -0.1) is 0 Å². The first kappa shape index (κ1) is 14.2. The molecule has 0 unspecified atom stereocenters. The molecule has 0 saturated heterocycles. The first-order valence-corrected chi connectivity index (χ1v) is 5.11. The minimum Gasteiger partial charge on any atom is -0.0871 e. The summed E-state index contributed by atoms with van der Waals surface area (Å²) in [5.41, 5.74) is 1.26. The maximum atomic E-state index is 2.08. The number of allylic oxidation sites excluding steroid dienone is 1. The Balaban J connectivity index is 0.000000283. The van der Waals surface area contributed by atoms with Gasteiger partial charge in [-0.1, -0.05) is 86.3 Å². The van der Waals surface area contributed by atoms with E-state index in [1.807, 2.05) is 67.6 Å². The second-order valence-corrected chi connectivity index (χ2v) is 3.07. The smallest absolute Gasteiger partial charge is 0.0260 e. The summed E-state index contributed by atoms with van der Waals surface area (Å²) in [4.78, 5) is 0. The van der Waals surface area contributed by atoms with E-state index in [0.29, 0.717) is 0 Å². The zero-order valence-electron chi connectivity index (χ0n) is 9.01. The molecule has 0 radical (unpaired) electrons. The highest BCUT2D eigenvalue weighted by molar-refractivity contribution is 5.47. The molecule has 0 amide bonds. The average molecular weight is 212 g/mol. The monoisotopic (exact) mass is 212 g/mol. The van der Waals surface area contributed by atoms with Crippen molar-refractivity contribution in [2.45, 2.75) is 14.4 Å². The highest BCUT2D eigenvalue weighted by Gasteiger charge is 1.77. The first-order valence-electron chi connectivity index (χ1n) is 5.11. The van der Waals surface area contributed by atoms with Gasteiger partial charge in [0.25, 0.3) is 0 Å². The van der Waals surface area contributed by atoms with Crippen LogP contribution in [0.4, 0.5) is 0 Å². The lowest BCUT2D eigenvalue weighted by Gasteiger charge is -1.86. The van der Waals surface area contributed by atoms with Gasteiger partial charge in [0.05, 0.1) is 0 Å². The van der Waals surface area contributed by atoms with Crippen molar-refractivity contribution in [1.29, 1.82) is 0 Å². The fourth-order valence-corrected chi connectivity index (χ4v) is 1.14. The van der Waals surface area contributed by atoms with Gasteiger partial charge in [0.15, 0.2) is 0 Å². The van der Waals surface area contributed by atoms with Crippen LogP contribution in [0.25, 0.3) is 6.08 Å². The summed E-state index contributed by atoms with van der Waals surface area (Å²) in [6, 6.07) is 22.3. The van der Waals surface area contributed by atoms with Crippen LogP contribution < -0.4 is 0 Å². The summed E-state index contributed by atoms with van der Waals surface area (Å²) in [7, 11) is 0. The van der Waals surface area contributed by atoms with E-state index in [9.17, 15) is 0 Å². The van der Waals surface area contributed by atoms with E-state index in [1.165, 1.54) is 5.56 Å². The minimum absolute atomic E-state index is 0. The Kier molecular flexibility index (Phi) is 8.62. The lowest BCUT2D eigenvalue weighted by molar-refractivity contribution is 1.64.